The second-order valence-electron chi connectivity index (χ2n) is 10.1. The molecule has 5 rings (SSSR count). The van der Waals surface area contributed by atoms with Crippen LogP contribution in [0, 0.1) is 17.8 Å². The van der Waals surface area contributed by atoms with Gasteiger partial charge in [0.25, 0.3) is 0 Å². The van der Waals surface area contributed by atoms with Gasteiger partial charge < -0.3 is 14.2 Å². The number of imidazole rings is 1. The molecule has 1 aromatic carbocycles. The number of hydrogen-bond donors (Lipinski definition) is 0. The maximum absolute atomic E-state index is 6.21. The Kier molecular flexibility index (Phi) is 8.70. The number of hydrogen-bond acceptors (Lipinski definition) is 4. The standard InChI is InChI=1S/C29H35Cl2N5O/c1-2-35-21-32-17-27(35)15-23-5-3-4-6-24(23)19-34-12-9-22(10-13-34)18-36-14-11-26(33-36)20-37-29-8-7-25(30)16-28(29)31/h3-8,11,14,16-17,21-24H,2,9-10,12-13,15,18-20H2,1H3. The third-order valence-electron chi connectivity index (χ3n) is 7.55. The van der Waals surface area contributed by atoms with E-state index in [9.17, 15) is 0 Å². The molecular formula is C29H35Cl2N5O. The van der Waals surface area contributed by atoms with Gasteiger partial charge in [-0.1, -0.05) is 47.5 Å². The van der Waals surface area contributed by atoms with Crippen molar-refractivity contribution >= 4 is 23.2 Å². The lowest BCUT2D eigenvalue weighted by Crippen LogP contribution is -2.39. The number of nitrogens with zero attached hydrogens (tertiary/aromatic N) is 5. The van der Waals surface area contributed by atoms with E-state index in [0.717, 1.165) is 44.8 Å². The van der Waals surface area contributed by atoms with Crippen molar-refractivity contribution in [2.75, 3.05) is 19.6 Å². The summed E-state index contributed by atoms with van der Waals surface area (Å²) in [6, 6.07) is 7.27. The Labute approximate surface area is 229 Å². The highest BCUT2D eigenvalue weighted by Gasteiger charge is 2.26. The Hall–Kier alpha value is -2.54. The minimum Gasteiger partial charge on any atom is -0.486 e. The third-order valence-corrected chi connectivity index (χ3v) is 8.08. The quantitative estimate of drug-likeness (QED) is 0.303. The fraction of sp³-hybridized carbons (Fsp3) is 0.448. The minimum absolute atomic E-state index is 0.385. The molecule has 0 saturated carbocycles. The molecule has 2 aromatic heterocycles. The fourth-order valence-electron chi connectivity index (χ4n) is 5.40. The van der Waals surface area contributed by atoms with Crippen LogP contribution in [0.2, 0.25) is 10.0 Å². The molecule has 3 aromatic rings. The lowest BCUT2D eigenvalue weighted by Gasteiger charge is -2.36. The summed E-state index contributed by atoms with van der Waals surface area (Å²) in [6.45, 7) is 7.89. The molecule has 0 radical (unpaired) electrons. The number of piperidine rings is 1. The molecule has 196 valence electrons. The number of allylic oxidation sites excluding steroid dienone is 3. The number of aromatic nitrogens is 4. The first-order chi connectivity index (χ1) is 18.1. The number of ether oxygens (including phenoxy) is 1. The van der Waals surface area contributed by atoms with E-state index in [4.69, 9.17) is 33.0 Å². The van der Waals surface area contributed by atoms with Crippen LogP contribution in [0.3, 0.4) is 0 Å². The molecule has 2 atom stereocenters. The Morgan fingerprint density at radius 1 is 1.03 bits per heavy atom. The minimum atomic E-state index is 0.385. The molecule has 0 bridgehead atoms. The molecular weight excluding hydrogens is 505 g/mol. The van der Waals surface area contributed by atoms with E-state index in [1.807, 2.05) is 18.6 Å². The molecule has 6 nitrogen and oxygen atoms in total. The summed E-state index contributed by atoms with van der Waals surface area (Å²) in [5.41, 5.74) is 2.23. The normalized spacial score (nSPS) is 20.5. The molecule has 0 spiro atoms. The van der Waals surface area contributed by atoms with E-state index in [2.05, 4.69) is 56.6 Å². The van der Waals surface area contributed by atoms with Gasteiger partial charge in [0.15, 0.2) is 0 Å². The molecule has 0 N–H and O–H groups in total. The van der Waals surface area contributed by atoms with Gasteiger partial charge >= 0.3 is 0 Å². The fourth-order valence-corrected chi connectivity index (χ4v) is 5.86. The maximum atomic E-state index is 6.21. The Balaban J connectivity index is 1.08. The highest BCUT2D eigenvalue weighted by molar-refractivity contribution is 6.35. The molecule has 1 aliphatic heterocycles. The molecule has 3 heterocycles. The molecule has 2 unspecified atom stereocenters. The monoisotopic (exact) mass is 539 g/mol. The highest BCUT2D eigenvalue weighted by atomic mass is 35.5. The zero-order valence-corrected chi connectivity index (χ0v) is 22.9. The third kappa shape index (κ3) is 6.86. The smallest absolute Gasteiger partial charge is 0.138 e. The Morgan fingerprint density at radius 2 is 1.84 bits per heavy atom. The molecule has 1 fully saturated rings. The van der Waals surface area contributed by atoms with Gasteiger partial charge in [0, 0.05) is 42.7 Å². The SMILES string of the molecule is CCn1cncc1CC1C=CC=CC1CN1CCC(Cn2ccc(COc3ccc(Cl)cc3Cl)n2)CC1. The first kappa shape index (κ1) is 26.1. The van der Waals surface area contributed by atoms with Crippen molar-refractivity contribution in [2.24, 2.45) is 17.8 Å². The van der Waals surface area contributed by atoms with Crippen LogP contribution in [-0.2, 0) is 26.1 Å². The van der Waals surface area contributed by atoms with Crippen LogP contribution in [0.25, 0.3) is 0 Å². The lowest BCUT2D eigenvalue weighted by atomic mass is 9.84. The van der Waals surface area contributed by atoms with Crippen LogP contribution < -0.4 is 4.74 Å². The summed E-state index contributed by atoms with van der Waals surface area (Å²) in [5.74, 6) is 2.34. The summed E-state index contributed by atoms with van der Waals surface area (Å²) in [4.78, 5) is 7.01. The predicted octanol–water partition coefficient (Wildman–Crippen LogP) is 6.30. The molecule has 1 aliphatic carbocycles. The number of likely N-dealkylation sites (tertiary alicyclic amines) is 1. The van der Waals surface area contributed by atoms with Crippen molar-refractivity contribution < 1.29 is 4.74 Å². The van der Waals surface area contributed by atoms with Crippen molar-refractivity contribution in [3.8, 4) is 5.75 Å². The van der Waals surface area contributed by atoms with Gasteiger partial charge in [-0.15, -0.1) is 0 Å². The van der Waals surface area contributed by atoms with Crippen LogP contribution in [0.4, 0.5) is 0 Å². The van der Waals surface area contributed by atoms with Crippen LogP contribution in [-0.4, -0.2) is 43.9 Å². The molecule has 2 aliphatic rings. The Morgan fingerprint density at radius 3 is 2.62 bits per heavy atom. The van der Waals surface area contributed by atoms with Crippen molar-refractivity contribution in [2.45, 2.75) is 45.9 Å². The first-order valence-corrected chi connectivity index (χ1v) is 14.0. The van der Waals surface area contributed by atoms with Crippen LogP contribution in [0.15, 0.2) is 67.3 Å². The van der Waals surface area contributed by atoms with Gasteiger partial charge in [-0.2, -0.15) is 5.10 Å². The van der Waals surface area contributed by atoms with Crippen LogP contribution >= 0.6 is 23.2 Å². The first-order valence-electron chi connectivity index (χ1n) is 13.2. The largest absolute Gasteiger partial charge is 0.486 e. The topological polar surface area (TPSA) is 48.1 Å². The lowest BCUT2D eigenvalue weighted by molar-refractivity contribution is 0.149. The molecule has 1 saturated heterocycles. The molecule has 0 amide bonds. The molecule has 37 heavy (non-hydrogen) atoms. The van der Waals surface area contributed by atoms with Gasteiger partial charge in [-0.3, -0.25) is 4.68 Å². The van der Waals surface area contributed by atoms with Crippen molar-refractivity contribution in [3.05, 3.63) is 88.7 Å². The van der Waals surface area contributed by atoms with Gasteiger partial charge in [0.05, 0.1) is 17.0 Å². The second kappa shape index (κ2) is 12.3. The number of rotatable bonds is 10. The van der Waals surface area contributed by atoms with Crippen LogP contribution in [0.5, 0.6) is 5.75 Å². The van der Waals surface area contributed by atoms with E-state index in [1.165, 1.54) is 18.5 Å². The number of benzene rings is 1. The van der Waals surface area contributed by atoms with E-state index in [0.29, 0.717) is 40.2 Å². The summed E-state index contributed by atoms with van der Waals surface area (Å²) in [6.07, 6.45) is 18.7. The van der Waals surface area contributed by atoms with E-state index >= 15 is 0 Å². The van der Waals surface area contributed by atoms with E-state index in [-0.39, 0.29) is 0 Å². The summed E-state index contributed by atoms with van der Waals surface area (Å²) >= 11 is 12.2. The summed E-state index contributed by atoms with van der Waals surface area (Å²) in [7, 11) is 0. The average Bonchev–Trinajstić information content (AvgIpc) is 3.55. The predicted molar refractivity (Wildman–Crippen MR) is 149 cm³/mol. The summed E-state index contributed by atoms with van der Waals surface area (Å²) in [5, 5.41) is 5.83. The summed E-state index contributed by atoms with van der Waals surface area (Å²) < 4.78 is 10.2. The van der Waals surface area contributed by atoms with E-state index < -0.39 is 0 Å². The van der Waals surface area contributed by atoms with Gasteiger partial charge in [-0.05, 0) is 81.3 Å². The number of aryl methyl sites for hydroxylation is 1. The molecule has 8 heteroatoms. The van der Waals surface area contributed by atoms with Crippen molar-refractivity contribution in [1.82, 2.24) is 24.2 Å². The number of halogens is 2. The van der Waals surface area contributed by atoms with Gasteiger partial charge in [0.1, 0.15) is 12.4 Å². The van der Waals surface area contributed by atoms with Gasteiger partial charge in [-0.25, -0.2) is 4.98 Å². The Bertz CT molecular complexity index is 1220. The van der Waals surface area contributed by atoms with E-state index in [1.54, 1.807) is 18.2 Å². The highest BCUT2D eigenvalue weighted by Crippen LogP contribution is 2.29. The zero-order valence-electron chi connectivity index (χ0n) is 21.3. The maximum Gasteiger partial charge on any atom is 0.138 e. The average molecular weight is 541 g/mol. The van der Waals surface area contributed by atoms with Crippen molar-refractivity contribution in [1.29, 1.82) is 0 Å². The van der Waals surface area contributed by atoms with Gasteiger partial charge in [0.2, 0.25) is 0 Å². The second-order valence-corrected chi connectivity index (χ2v) is 11.0. The van der Waals surface area contributed by atoms with Crippen molar-refractivity contribution in [3.63, 3.8) is 0 Å². The zero-order chi connectivity index (χ0) is 25.6. The van der Waals surface area contributed by atoms with Crippen LogP contribution in [0.1, 0.15) is 31.2 Å².